The van der Waals surface area contributed by atoms with Gasteiger partial charge in [0.15, 0.2) is 17.5 Å². The molecule has 220 valence electrons. The van der Waals surface area contributed by atoms with Crippen LogP contribution in [0.1, 0.15) is 0 Å². The van der Waals surface area contributed by atoms with E-state index in [1.807, 2.05) is 54.6 Å². The zero-order valence-electron chi connectivity index (χ0n) is 25.3. The Kier molecular flexibility index (Phi) is 6.43. The lowest BCUT2D eigenvalue weighted by molar-refractivity contribution is 0.670. The Hall–Kier alpha value is -6.39. The minimum atomic E-state index is 0.620. The maximum Gasteiger partial charge on any atom is 0.165 e. The highest BCUT2D eigenvalue weighted by Gasteiger charge is 2.19. The standard InChI is InChI=1S/C43H27N3O/c1-3-12-28(13-4-1)34-27-26-29-14-7-8-17-33(29)39(34)43-45-41(31-15-5-2-6-16-31)44-42(46-43)32-24-22-30(23-25-32)35-19-11-20-37-36-18-9-10-21-38(36)47-40(35)37/h1-27H. The number of para-hydroxylation sites is 2. The summed E-state index contributed by atoms with van der Waals surface area (Å²) in [6, 6.07) is 56.2. The minimum Gasteiger partial charge on any atom is -0.455 e. The molecule has 0 radical (unpaired) electrons. The van der Waals surface area contributed by atoms with Gasteiger partial charge in [0.25, 0.3) is 0 Å². The molecule has 9 rings (SSSR count). The van der Waals surface area contributed by atoms with Gasteiger partial charge in [-0.15, -0.1) is 0 Å². The summed E-state index contributed by atoms with van der Waals surface area (Å²) >= 11 is 0. The number of hydrogen-bond donors (Lipinski definition) is 0. The first-order valence-electron chi connectivity index (χ1n) is 15.7. The lowest BCUT2D eigenvalue weighted by atomic mass is 9.93. The Bertz CT molecular complexity index is 2550. The highest BCUT2D eigenvalue weighted by Crippen LogP contribution is 2.39. The molecule has 2 heterocycles. The maximum absolute atomic E-state index is 6.33. The van der Waals surface area contributed by atoms with Gasteiger partial charge in [-0.1, -0.05) is 158 Å². The van der Waals surface area contributed by atoms with Crippen LogP contribution in [0.4, 0.5) is 0 Å². The van der Waals surface area contributed by atoms with Gasteiger partial charge in [-0.05, 0) is 33.5 Å². The van der Waals surface area contributed by atoms with E-state index in [1.165, 1.54) is 0 Å². The van der Waals surface area contributed by atoms with Crippen LogP contribution >= 0.6 is 0 Å². The molecule has 4 heteroatoms. The van der Waals surface area contributed by atoms with Crippen LogP contribution in [0, 0.1) is 0 Å². The summed E-state index contributed by atoms with van der Waals surface area (Å²) in [5.74, 6) is 1.89. The third-order valence-corrected chi connectivity index (χ3v) is 8.76. The fourth-order valence-corrected chi connectivity index (χ4v) is 6.48. The second-order valence-electron chi connectivity index (χ2n) is 11.6. The van der Waals surface area contributed by atoms with Crippen molar-refractivity contribution in [2.24, 2.45) is 0 Å². The molecule has 0 spiro atoms. The molecule has 0 N–H and O–H groups in total. The van der Waals surface area contributed by atoms with Crippen LogP contribution in [-0.4, -0.2) is 15.0 Å². The number of aromatic nitrogens is 3. The van der Waals surface area contributed by atoms with Gasteiger partial charge in [-0.3, -0.25) is 0 Å². The van der Waals surface area contributed by atoms with Gasteiger partial charge >= 0.3 is 0 Å². The second-order valence-corrected chi connectivity index (χ2v) is 11.6. The number of rotatable bonds is 5. The number of fused-ring (bicyclic) bond motifs is 4. The van der Waals surface area contributed by atoms with E-state index in [0.29, 0.717) is 17.5 Å². The molecule has 0 saturated carbocycles. The predicted octanol–water partition coefficient (Wildman–Crippen LogP) is 11.3. The van der Waals surface area contributed by atoms with Crippen molar-refractivity contribution in [3.8, 4) is 56.4 Å². The number of nitrogens with zero attached hydrogens (tertiary/aromatic N) is 3. The Morgan fingerprint density at radius 3 is 1.66 bits per heavy atom. The number of furan rings is 1. The molecule has 0 saturated heterocycles. The van der Waals surface area contributed by atoms with Crippen molar-refractivity contribution < 1.29 is 4.42 Å². The molecular formula is C43H27N3O. The summed E-state index contributed by atoms with van der Waals surface area (Å²) in [4.78, 5) is 15.3. The molecule has 0 bridgehead atoms. The van der Waals surface area contributed by atoms with Crippen molar-refractivity contribution in [3.05, 3.63) is 164 Å². The molecule has 7 aromatic carbocycles. The molecule has 0 aliphatic heterocycles. The zero-order chi connectivity index (χ0) is 31.2. The van der Waals surface area contributed by atoms with E-state index in [9.17, 15) is 0 Å². The summed E-state index contributed by atoms with van der Waals surface area (Å²) in [5, 5.41) is 4.46. The van der Waals surface area contributed by atoms with Gasteiger partial charge in [-0.25, -0.2) is 15.0 Å². The Balaban J connectivity index is 1.22. The van der Waals surface area contributed by atoms with Crippen molar-refractivity contribution >= 4 is 32.7 Å². The number of hydrogen-bond acceptors (Lipinski definition) is 4. The summed E-state index contributed by atoms with van der Waals surface area (Å²) in [6.45, 7) is 0. The van der Waals surface area contributed by atoms with Crippen LogP contribution in [-0.2, 0) is 0 Å². The molecule has 4 nitrogen and oxygen atoms in total. The van der Waals surface area contributed by atoms with E-state index in [1.54, 1.807) is 0 Å². The van der Waals surface area contributed by atoms with Gasteiger partial charge in [0, 0.05) is 33.0 Å². The van der Waals surface area contributed by atoms with Crippen LogP contribution < -0.4 is 0 Å². The summed E-state index contributed by atoms with van der Waals surface area (Å²) < 4.78 is 6.33. The number of benzene rings is 7. The molecule has 0 atom stereocenters. The fraction of sp³-hybridized carbons (Fsp3) is 0. The van der Waals surface area contributed by atoms with E-state index in [4.69, 9.17) is 19.4 Å². The predicted molar refractivity (Wildman–Crippen MR) is 192 cm³/mol. The van der Waals surface area contributed by atoms with Crippen molar-refractivity contribution in [3.63, 3.8) is 0 Å². The lowest BCUT2D eigenvalue weighted by Gasteiger charge is -2.15. The molecular weight excluding hydrogens is 574 g/mol. The van der Waals surface area contributed by atoms with Crippen LogP contribution in [0.2, 0.25) is 0 Å². The van der Waals surface area contributed by atoms with Crippen LogP contribution in [0.3, 0.4) is 0 Å². The second kappa shape index (κ2) is 11.2. The van der Waals surface area contributed by atoms with Crippen molar-refractivity contribution in [2.75, 3.05) is 0 Å². The lowest BCUT2D eigenvalue weighted by Crippen LogP contribution is -2.01. The van der Waals surface area contributed by atoms with Gasteiger partial charge in [0.1, 0.15) is 11.2 Å². The van der Waals surface area contributed by atoms with Gasteiger partial charge < -0.3 is 4.42 Å². The molecule has 0 amide bonds. The Morgan fingerprint density at radius 2 is 0.894 bits per heavy atom. The summed E-state index contributed by atoms with van der Waals surface area (Å²) in [5.41, 5.74) is 8.92. The van der Waals surface area contributed by atoms with E-state index in [2.05, 4.69) is 109 Å². The average molecular weight is 602 g/mol. The molecule has 47 heavy (non-hydrogen) atoms. The minimum absolute atomic E-state index is 0.620. The van der Waals surface area contributed by atoms with E-state index in [0.717, 1.165) is 71.7 Å². The van der Waals surface area contributed by atoms with Crippen LogP contribution in [0.15, 0.2) is 168 Å². The third-order valence-electron chi connectivity index (χ3n) is 8.76. The smallest absolute Gasteiger partial charge is 0.165 e. The summed E-state index contributed by atoms with van der Waals surface area (Å²) in [7, 11) is 0. The Morgan fingerprint density at radius 1 is 0.340 bits per heavy atom. The van der Waals surface area contributed by atoms with Crippen LogP contribution in [0.5, 0.6) is 0 Å². The van der Waals surface area contributed by atoms with E-state index in [-0.39, 0.29) is 0 Å². The average Bonchev–Trinajstić information content (AvgIpc) is 3.54. The molecule has 9 aromatic rings. The first-order valence-corrected chi connectivity index (χ1v) is 15.7. The quantitative estimate of drug-likeness (QED) is 0.197. The fourth-order valence-electron chi connectivity index (χ4n) is 6.48. The van der Waals surface area contributed by atoms with Crippen molar-refractivity contribution in [1.82, 2.24) is 15.0 Å². The maximum atomic E-state index is 6.33. The molecule has 0 fully saturated rings. The summed E-state index contributed by atoms with van der Waals surface area (Å²) in [6.07, 6.45) is 0. The van der Waals surface area contributed by atoms with Gasteiger partial charge in [0.2, 0.25) is 0 Å². The van der Waals surface area contributed by atoms with Crippen molar-refractivity contribution in [1.29, 1.82) is 0 Å². The van der Waals surface area contributed by atoms with Gasteiger partial charge in [0.05, 0.1) is 0 Å². The van der Waals surface area contributed by atoms with Crippen molar-refractivity contribution in [2.45, 2.75) is 0 Å². The normalized spacial score (nSPS) is 11.4. The molecule has 0 unspecified atom stereocenters. The Labute approximate surface area is 271 Å². The highest BCUT2D eigenvalue weighted by atomic mass is 16.3. The topological polar surface area (TPSA) is 51.8 Å². The first-order chi connectivity index (χ1) is 23.3. The SMILES string of the molecule is c1ccc(-c2nc(-c3ccc(-c4cccc5c4oc4ccccc45)cc3)nc(-c3c(-c4ccccc4)ccc4ccccc34)n2)cc1. The molecule has 0 aliphatic carbocycles. The third kappa shape index (κ3) is 4.75. The monoisotopic (exact) mass is 601 g/mol. The largest absolute Gasteiger partial charge is 0.455 e. The van der Waals surface area contributed by atoms with Crippen LogP contribution in [0.25, 0.3) is 89.1 Å². The zero-order valence-corrected chi connectivity index (χ0v) is 25.3. The van der Waals surface area contributed by atoms with Gasteiger partial charge in [-0.2, -0.15) is 0 Å². The first kappa shape index (κ1) is 27.0. The van der Waals surface area contributed by atoms with E-state index < -0.39 is 0 Å². The van der Waals surface area contributed by atoms with E-state index >= 15 is 0 Å². The molecule has 0 aliphatic rings. The molecule has 2 aromatic heterocycles. The highest BCUT2D eigenvalue weighted by molar-refractivity contribution is 6.09.